The normalized spacial score (nSPS) is 14.1. The van der Waals surface area contributed by atoms with Crippen molar-refractivity contribution in [3.63, 3.8) is 0 Å². The molecule has 2 aromatic carbocycles. The highest BCUT2D eigenvalue weighted by molar-refractivity contribution is 8.04. The SMILES string of the molecule is CCSC1=C(c2ccc(OC)c(OC)c2)C(=O)N(Cc2ccc(F)cc2)C1=O. The number of methoxy groups -OCH3 is 2. The van der Waals surface area contributed by atoms with Crippen molar-refractivity contribution in [3.05, 3.63) is 64.3 Å². The van der Waals surface area contributed by atoms with E-state index in [1.54, 1.807) is 30.3 Å². The van der Waals surface area contributed by atoms with Crippen LogP contribution in [0.1, 0.15) is 18.1 Å². The van der Waals surface area contributed by atoms with Crippen molar-refractivity contribution in [1.29, 1.82) is 0 Å². The molecule has 0 N–H and O–H groups in total. The number of halogens is 1. The van der Waals surface area contributed by atoms with Crippen LogP contribution in [-0.4, -0.2) is 36.7 Å². The number of hydrogen-bond acceptors (Lipinski definition) is 5. The van der Waals surface area contributed by atoms with Gasteiger partial charge in [0.2, 0.25) is 0 Å². The summed E-state index contributed by atoms with van der Waals surface area (Å²) in [6.45, 7) is 2.01. The highest BCUT2D eigenvalue weighted by Crippen LogP contribution is 2.39. The lowest BCUT2D eigenvalue weighted by molar-refractivity contribution is -0.137. The van der Waals surface area contributed by atoms with Gasteiger partial charge in [0.1, 0.15) is 5.82 Å². The van der Waals surface area contributed by atoms with Gasteiger partial charge in [0, 0.05) is 0 Å². The highest BCUT2D eigenvalue weighted by Gasteiger charge is 2.39. The second-order valence-electron chi connectivity index (χ2n) is 6.03. The molecule has 1 aliphatic heterocycles. The van der Waals surface area contributed by atoms with Crippen LogP contribution in [0.4, 0.5) is 4.39 Å². The number of imide groups is 1. The van der Waals surface area contributed by atoms with Crippen LogP contribution in [0.25, 0.3) is 5.57 Å². The fraction of sp³-hybridized carbons (Fsp3) is 0.238. The van der Waals surface area contributed by atoms with Crippen LogP contribution >= 0.6 is 11.8 Å². The average molecular weight is 401 g/mol. The Bertz CT molecular complexity index is 940. The minimum atomic E-state index is -0.377. The number of nitrogens with zero attached hydrogens (tertiary/aromatic N) is 1. The molecule has 0 fully saturated rings. The predicted octanol–water partition coefficient (Wildman–Crippen LogP) is 3.88. The summed E-state index contributed by atoms with van der Waals surface area (Å²) in [5, 5.41) is 0. The molecule has 28 heavy (non-hydrogen) atoms. The zero-order chi connectivity index (χ0) is 20.3. The van der Waals surface area contributed by atoms with E-state index >= 15 is 0 Å². The summed E-state index contributed by atoms with van der Waals surface area (Å²) < 4.78 is 23.7. The van der Waals surface area contributed by atoms with Crippen LogP contribution in [0.2, 0.25) is 0 Å². The Labute approximate surface area is 167 Å². The highest BCUT2D eigenvalue weighted by atomic mass is 32.2. The number of carbonyl (C=O) groups excluding carboxylic acids is 2. The summed E-state index contributed by atoms with van der Waals surface area (Å²) in [6.07, 6.45) is 0. The molecule has 0 bridgehead atoms. The van der Waals surface area contributed by atoms with E-state index in [0.29, 0.717) is 38.9 Å². The Balaban J connectivity index is 1.99. The van der Waals surface area contributed by atoms with Gasteiger partial charge < -0.3 is 9.47 Å². The second kappa shape index (κ2) is 8.48. The molecule has 0 atom stereocenters. The first-order valence-corrected chi connectivity index (χ1v) is 9.68. The Morgan fingerprint density at radius 1 is 0.964 bits per heavy atom. The zero-order valence-corrected chi connectivity index (χ0v) is 16.6. The van der Waals surface area contributed by atoms with Gasteiger partial charge >= 0.3 is 0 Å². The predicted molar refractivity (Wildman–Crippen MR) is 107 cm³/mol. The van der Waals surface area contributed by atoms with Gasteiger partial charge in [-0.25, -0.2) is 4.39 Å². The quantitative estimate of drug-likeness (QED) is 0.659. The van der Waals surface area contributed by atoms with Crippen molar-refractivity contribution in [1.82, 2.24) is 4.90 Å². The summed E-state index contributed by atoms with van der Waals surface area (Å²) in [6, 6.07) is 10.9. The van der Waals surface area contributed by atoms with Crippen LogP contribution in [0, 0.1) is 5.82 Å². The largest absolute Gasteiger partial charge is 0.493 e. The topological polar surface area (TPSA) is 55.8 Å². The third-order valence-electron chi connectivity index (χ3n) is 4.34. The van der Waals surface area contributed by atoms with Gasteiger partial charge in [-0.1, -0.05) is 25.1 Å². The van der Waals surface area contributed by atoms with E-state index in [1.807, 2.05) is 6.92 Å². The van der Waals surface area contributed by atoms with Gasteiger partial charge in [0.25, 0.3) is 11.8 Å². The van der Waals surface area contributed by atoms with Crippen LogP contribution in [0.3, 0.4) is 0 Å². The van der Waals surface area contributed by atoms with Crippen LogP contribution in [-0.2, 0) is 16.1 Å². The molecule has 0 saturated carbocycles. The van der Waals surface area contributed by atoms with Crippen molar-refractivity contribution >= 4 is 29.1 Å². The minimum Gasteiger partial charge on any atom is -0.493 e. The molecule has 5 nitrogen and oxygen atoms in total. The first-order valence-electron chi connectivity index (χ1n) is 8.70. The molecule has 0 spiro atoms. The zero-order valence-electron chi connectivity index (χ0n) is 15.8. The van der Waals surface area contributed by atoms with Gasteiger partial charge in [-0.3, -0.25) is 14.5 Å². The molecule has 146 valence electrons. The van der Waals surface area contributed by atoms with Gasteiger partial charge in [0.15, 0.2) is 11.5 Å². The fourth-order valence-corrected chi connectivity index (χ4v) is 3.87. The molecule has 7 heteroatoms. The van der Waals surface area contributed by atoms with Crippen molar-refractivity contribution < 1.29 is 23.5 Å². The number of hydrogen-bond donors (Lipinski definition) is 0. The monoisotopic (exact) mass is 401 g/mol. The molecule has 0 radical (unpaired) electrons. The van der Waals surface area contributed by atoms with Crippen molar-refractivity contribution in [3.8, 4) is 11.5 Å². The number of amides is 2. The van der Waals surface area contributed by atoms with E-state index in [-0.39, 0.29) is 24.2 Å². The van der Waals surface area contributed by atoms with E-state index in [0.717, 1.165) is 0 Å². The third kappa shape index (κ3) is 3.75. The summed E-state index contributed by atoms with van der Waals surface area (Å²) in [5.74, 6) is 0.579. The molecule has 1 heterocycles. The third-order valence-corrected chi connectivity index (χ3v) is 5.30. The first kappa shape index (κ1) is 19.9. The minimum absolute atomic E-state index is 0.0858. The van der Waals surface area contributed by atoms with Crippen LogP contribution in [0.5, 0.6) is 11.5 Å². The lowest BCUT2D eigenvalue weighted by Gasteiger charge is -2.15. The van der Waals surface area contributed by atoms with Crippen LogP contribution < -0.4 is 9.47 Å². The van der Waals surface area contributed by atoms with E-state index < -0.39 is 0 Å². The van der Waals surface area contributed by atoms with E-state index in [4.69, 9.17) is 9.47 Å². The van der Waals surface area contributed by atoms with Crippen LogP contribution in [0.15, 0.2) is 47.4 Å². The lowest BCUT2D eigenvalue weighted by Crippen LogP contribution is -2.30. The Morgan fingerprint density at radius 2 is 1.64 bits per heavy atom. The lowest BCUT2D eigenvalue weighted by atomic mass is 10.1. The maximum absolute atomic E-state index is 13.2. The Kier molecular flexibility index (Phi) is 6.04. The maximum Gasteiger partial charge on any atom is 0.268 e. The molecular formula is C21H20FNO4S. The second-order valence-corrected chi connectivity index (χ2v) is 7.30. The molecule has 2 aromatic rings. The van der Waals surface area contributed by atoms with Gasteiger partial charge in [-0.2, -0.15) is 0 Å². The van der Waals surface area contributed by atoms with Gasteiger partial charge in [-0.05, 0) is 41.1 Å². The number of carbonyl (C=O) groups is 2. The van der Waals surface area contributed by atoms with E-state index in [9.17, 15) is 14.0 Å². The van der Waals surface area contributed by atoms with E-state index in [1.165, 1.54) is 43.0 Å². The number of rotatable bonds is 7. The summed E-state index contributed by atoms with van der Waals surface area (Å²) in [5.41, 5.74) is 1.62. The van der Waals surface area contributed by atoms with E-state index in [2.05, 4.69) is 0 Å². The number of benzene rings is 2. The molecule has 0 aromatic heterocycles. The standard InChI is InChI=1S/C21H20FNO4S/c1-4-28-19-18(14-7-10-16(26-2)17(11-14)27-3)20(24)23(21(19)25)12-13-5-8-15(22)9-6-13/h5-11H,4,12H2,1-3H3. The molecule has 0 saturated heterocycles. The summed E-state index contributed by atoms with van der Waals surface area (Å²) >= 11 is 1.33. The Morgan fingerprint density at radius 3 is 2.25 bits per heavy atom. The van der Waals surface area contributed by atoms with Crippen molar-refractivity contribution in [2.75, 3.05) is 20.0 Å². The molecule has 1 aliphatic rings. The maximum atomic E-state index is 13.2. The summed E-state index contributed by atoms with van der Waals surface area (Å²) in [4.78, 5) is 27.6. The fourth-order valence-electron chi connectivity index (χ4n) is 2.99. The molecule has 2 amide bonds. The van der Waals surface area contributed by atoms with Gasteiger partial charge in [-0.15, -0.1) is 11.8 Å². The van der Waals surface area contributed by atoms with Crippen molar-refractivity contribution in [2.45, 2.75) is 13.5 Å². The Hall–Kier alpha value is -2.80. The molecule has 0 unspecified atom stereocenters. The smallest absolute Gasteiger partial charge is 0.268 e. The first-order chi connectivity index (χ1) is 13.5. The molecule has 3 rings (SSSR count). The average Bonchev–Trinajstić information content (AvgIpc) is 2.93. The number of thioether (sulfide) groups is 1. The molecular weight excluding hydrogens is 381 g/mol. The molecule has 0 aliphatic carbocycles. The summed E-state index contributed by atoms with van der Waals surface area (Å²) in [7, 11) is 3.05. The van der Waals surface area contributed by atoms with Gasteiger partial charge in [0.05, 0.1) is 31.2 Å². The number of ether oxygens (including phenoxy) is 2. The van der Waals surface area contributed by atoms with Crippen molar-refractivity contribution in [2.24, 2.45) is 0 Å².